The molecule has 220 valence electrons. The first-order valence-electron chi connectivity index (χ1n) is 12.9. The minimum atomic E-state index is -3.88. The summed E-state index contributed by atoms with van der Waals surface area (Å²) in [6, 6.07) is 14.1. The van der Waals surface area contributed by atoms with Crippen LogP contribution in [0.4, 0.5) is 0 Å². The fraction of sp³-hybridized carbons (Fsp3) is 0.333. The van der Waals surface area contributed by atoms with Crippen molar-refractivity contribution in [2.45, 2.75) is 30.6 Å². The summed E-state index contributed by atoms with van der Waals surface area (Å²) in [5.41, 5.74) is 7.23. The first-order valence-corrected chi connectivity index (χ1v) is 14.4. The highest BCUT2D eigenvalue weighted by Crippen LogP contribution is 2.49. The number of nitrogens with one attached hydrogen (secondary N) is 2. The van der Waals surface area contributed by atoms with E-state index in [-0.39, 0.29) is 10.8 Å². The van der Waals surface area contributed by atoms with Gasteiger partial charge < -0.3 is 33.8 Å². The standard InChI is InChI=1S/C30H36N2O8S/c1-18-8-10-21(11-9-18)41(33,34)32-31-28-22(19-14-24(35-2)29(39-6)25(15-19)36-3)12-13-23(28)20-16-26(37-4)30(40-7)27(17-20)38-5/h8-11,14-17,22,31-32H,12-13H2,1-7H3. The average Bonchev–Trinajstić information content (AvgIpc) is 3.42. The van der Waals surface area contributed by atoms with E-state index in [2.05, 4.69) is 10.3 Å². The van der Waals surface area contributed by atoms with Gasteiger partial charge in [0.2, 0.25) is 11.5 Å². The highest BCUT2D eigenvalue weighted by atomic mass is 32.2. The van der Waals surface area contributed by atoms with Crippen molar-refractivity contribution in [2.24, 2.45) is 0 Å². The molecule has 41 heavy (non-hydrogen) atoms. The molecule has 3 aromatic carbocycles. The fourth-order valence-corrected chi connectivity index (χ4v) is 5.89. The van der Waals surface area contributed by atoms with Crippen molar-refractivity contribution in [3.8, 4) is 34.5 Å². The van der Waals surface area contributed by atoms with Gasteiger partial charge in [-0.25, -0.2) is 8.42 Å². The van der Waals surface area contributed by atoms with Gasteiger partial charge >= 0.3 is 0 Å². The number of allylic oxidation sites excluding steroid dienone is 2. The number of hydrogen-bond acceptors (Lipinski definition) is 9. The predicted octanol–water partition coefficient (Wildman–Crippen LogP) is 4.82. The molecule has 0 radical (unpaired) electrons. The third kappa shape index (κ3) is 6.01. The zero-order valence-corrected chi connectivity index (χ0v) is 25.1. The van der Waals surface area contributed by atoms with Gasteiger partial charge in [-0.3, -0.25) is 0 Å². The van der Waals surface area contributed by atoms with Crippen LogP contribution in [0.1, 0.15) is 35.4 Å². The Kier molecular flexibility index (Phi) is 9.19. The molecule has 10 nitrogen and oxygen atoms in total. The zero-order chi connectivity index (χ0) is 29.7. The summed E-state index contributed by atoms with van der Waals surface area (Å²) in [7, 11) is 5.43. The van der Waals surface area contributed by atoms with Crippen molar-refractivity contribution >= 4 is 15.6 Å². The number of ether oxygens (including phenoxy) is 6. The molecule has 0 aliphatic heterocycles. The normalized spacial score (nSPS) is 15.0. The smallest absolute Gasteiger partial charge is 0.257 e. The molecule has 1 unspecified atom stereocenters. The minimum absolute atomic E-state index is 0.146. The molecule has 0 fully saturated rings. The van der Waals surface area contributed by atoms with Crippen molar-refractivity contribution in [2.75, 3.05) is 42.7 Å². The maximum absolute atomic E-state index is 13.2. The molecule has 11 heteroatoms. The summed E-state index contributed by atoms with van der Waals surface area (Å²) in [4.78, 5) is 2.73. The van der Waals surface area contributed by atoms with Crippen molar-refractivity contribution in [1.29, 1.82) is 0 Å². The summed E-state index contributed by atoms with van der Waals surface area (Å²) in [6.07, 6.45) is 1.31. The molecule has 3 aromatic rings. The fourth-order valence-electron chi connectivity index (χ4n) is 5.03. The van der Waals surface area contributed by atoms with Crippen LogP contribution in [0, 0.1) is 6.92 Å². The molecule has 0 aromatic heterocycles. The molecule has 1 aliphatic rings. The number of aryl methyl sites for hydroxylation is 1. The lowest BCUT2D eigenvalue weighted by Crippen LogP contribution is -2.38. The Balaban J connectivity index is 1.85. The second-order valence-corrected chi connectivity index (χ2v) is 11.1. The highest BCUT2D eigenvalue weighted by Gasteiger charge is 2.32. The third-order valence-electron chi connectivity index (χ3n) is 7.11. The van der Waals surface area contributed by atoms with Gasteiger partial charge in [0.15, 0.2) is 23.0 Å². The Morgan fingerprint density at radius 3 is 1.66 bits per heavy atom. The third-order valence-corrected chi connectivity index (χ3v) is 8.37. The zero-order valence-electron chi connectivity index (χ0n) is 24.3. The van der Waals surface area contributed by atoms with Gasteiger partial charge in [-0.1, -0.05) is 17.7 Å². The lowest BCUT2D eigenvalue weighted by Gasteiger charge is -2.22. The van der Waals surface area contributed by atoms with Crippen LogP contribution in [0.15, 0.2) is 59.1 Å². The maximum Gasteiger partial charge on any atom is 0.257 e. The number of hydrazine groups is 1. The summed E-state index contributed by atoms with van der Waals surface area (Å²) in [5.74, 6) is 2.69. The van der Waals surface area contributed by atoms with Gasteiger partial charge in [-0.15, -0.1) is 4.83 Å². The van der Waals surface area contributed by atoms with E-state index in [9.17, 15) is 8.42 Å². The van der Waals surface area contributed by atoms with Crippen molar-refractivity contribution in [3.05, 3.63) is 70.9 Å². The quantitative estimate of drug-likeness (QED) is 0.289. The van der Waals surface area contributed by atoms with Gasteiger partial charge in [0.1, 0.15) is 0 Å². The monoisotopic (exact) mass is 584 g/mol. The summed E-state index contributed by atoms with van der Waals surface area (Å²) in [5, 5.41) is 0. The van der Waals surface area contributed by atoms with Crippen LogP contribution in [0.2, 0.25) is 0 Å². The molecule has 2 N–H and O–H groups in total. The number of sulfonamides is 1. The van der Waals surface area contributed by atoms with E-state index in [1.54, 1.807) is 66.9 Å². The van der Waals surface area contributed by atoms with Crippen molar-refractivity contribution < 1.29 is 36.8 Å². The molecule has 1 aliphatic carbocycles. The second-order valence-electron chi connectivity index (χ2n) is 9.40. The number of methoxy groups -OCH3 is 6. The molecule has 0 spiro atoms. The molecule has 0 amide bonds. The minimum Gasteiger partial charge on any atom is -0.493 e. The van der Waals surface area contributed by atoms with Gasteiger partial charge in [-0.05, 0) is 72.9 Å². The summed E-state index contributed by atoms with van der Waals surface area (Å²) in [6.45, 7) is 1.90. The molecule has 0 bridgehead atoms. The largest absolute Gasteiger partial charge is 0.493 e. The van der Waals surface area contributed by atoms with Crippen LogP contribution >= 0.6 is 0 Å². The van der Waals surface area contributed by atoms with E-state index in [1.165, 1.54) is 0 Å². The van der Waals surface area contributed by atoms with E-state index >= 15 is 0 Å². The molecular formula is C30H36N2O8S. The first-order chi connectivity index (χ1) is 19.7. The number of rotatable bonds is 12. The SMILES string of the molecule is COc1cc(C2=C(NNS(=O)(=O)c3ccc(C)cc3)C(c3cc(OC)c(OC)c(OC)c3)CC2)cc(OC)c1OC. The van der Waals surface area contributed by atoms with Gasteiger partial charge in [0.25, 0.3) is 10.0 Å². The van der Waals surface area contributed by atoms with Gasteiger partial charge in [-0.2, -0.15) is 0 Å². The Labute approximate surface area is 241 Å². The van der Waals surface area contributed by atoms with Gasteiger partial charge in [0.05, 0.1) is 47.6 Å². The lowest BCUT2D eigenvalue weighted by atomic mass is 9.95. The highest BCUT2D eigenvalue weighted by molar-refractivity contribution is 7.89. The average molecular weight is 585 g/mol. The van der Waals surface area contributed by atoms with Crippen LogP contribution < -0.4 is 38.7 Å². The van der Waals surface area contributed by atoms with E-state index < -0.39 is 10.0 Å². The van der Waals surface area contributed by atoms with Crippen LogP contribution in [0.5, 0.6) is 34.5 Å². The summed E-state index contributed by atoms with van der Waals surface area (Å²) >= 11 is 0. The molecule has 0 heterocycles. The van der Waals surface area contributed by atoms with E-state index in [4.69, 9.17) is 28.4 Å². The number of benzene rings is 3. The van der Waals surface area contributed by atoms with Gasteiger partial charge in [0, 0.05) is 11.6 Å². The van der Waals surface area contributed by atoms with Crippen LogP contribution in [0.3, 0.4) is 0 Å². The van der Waals surface area contributed by atoms with Crippen molar-refractivity contribution in [3.63, 3.8) is 0 Å². The molecular weight excluding hydrogens is 548 g/mol. The maximum atomic E-state index is 13.2. The van der Waals surface area contributed by atoms with Crippen LogP contribution in [-0.2, 0) is 10.0 Å². The molecule has 4 rings (SSSR count). The summed E-state index contributed by atoms with van der Waals surface area (Å²) < 4.78 is 59.9. The molecule has 0 saturated carbocycles. The van der Waals surface area contributed by atoms with E-state index in [0.29, 0.717) is 53.0 Å². The predicted molar refractivity (Wildman–Crippen MR) is 156 cm³/mol. The second kappa shape index (κ2) is 12.6. The van der Waals surface area contributed by atoms with E-state index in [0.717, 1.165) is 22.3 Å². The first kappa shape index (κ1) is 29.9. The van der Waals surface area contributed by atoms with Crippen molar-refractivity contribution in [1.82, 2.24) is 10.3 Å². The Hall–Kier alpha value is -4.09. The lowest BCUT2D eigenvalue weighted by molar-refractivity contribution is 0.323. The molecule has 0 saturated heterocycles. The number of hydrogen-bond donors (Lipinski definition) is 2. The topological polar surface area (TPSA) is 114 Å². The van der Waals surface area contributed by atoms with E-state index in [1.807, 2.05) is 31.2 Å². The Morgan fingerprint density at radius 2 is 1.20 bits per heavy atom. The van der Waals surface area contributed by atoms with Crippen LogP contribution in [0.25, 0.3) is 5.57 Å². The Morgan fingerprint density at radius 1 is 0.707 bits per heavy atom. The van der Waals surface area contributed by atoms with Crippen LogP contribution in [-0.4, -0.2) is 51.1 Å². The Bertz CT molecular complexity index is 1480. The molecule has 1 atom stereocenters.